The second kappa shape index (κ2) is 5.94. The summed E-state index contributed by atoms with van der Waals surface area (Å²) in [6.07, 6.45) is 1.60. The first-order chi connectivity index (χ1) is 8.69. The molecular weight excluding hydrogens is 273 g/mol. The van der Waals surface area contributed by atoms with E-state index in [1.165, 1.54) is 0 Å². The Morgan fingerprint density at radius 1 is 1.17 bits per heavy atom. The van der Waals surface area contributed by atoms with Crippen molar-refractivity contribution in [3.8, 4) is 11.5 Å². The van der Waals surface area contributed by atoms with Crippen LogP contribution in [0.15, 0.2) is 36.5 Å². The zero-order chi connectivity index (χ0) is 13.0. The van der Waals surface area contributed by atoms with Crippen LogP contribution in [0.5, 0.6) is 11.5 Å². The minimum Gasteiger partial charge on any atom is -0.497 e. The van der Waals surface area contributed by atoms with Gasteiger partial charge in [-0.05, 0) is 18.2 Å². The molecule has 0 N–H and O–H groups in total. The van der Waals surface area contributed by atoms with Crippen molar-refractivity contribution >= 4 is 23.2 Å². The number of aromatic nitrogens is 1. The molecule has 1 aromatic carbocycles. The molecule has 1 aromatic heterocycles. The lowest BCUT2D eigenvalue weighted by molar-refractivity contribution is 0.303. The van der Waals surface area contributed by atoms with Crippen LogP contribution in [0.3, 0.4) is 0 Å². The number of rotatable bonds is 4. The molecule has 0 atom stereocenters. The van der Waals surface area contributed by atoms with Crippen molar-refractivity contribution in [2.24, 2.45) is 0 Å². The highest BCUT2D eigenvalue weighted by molar-refractivity contribution is 6.34. The van der Waals surface area contributed by atoms with E-state index in [-0.39, 0.29) is 0 Å². The van der Waals surface area contributed by atoms with Gasteiger partial charge in [0.1, 0.15) is 23.3 Å². The monoisotopic (exact) mass is 283 g/mol. The van der Waals surface area contributed by atoms with E-state index in [2.05, 4.69) is 4.98 Å². The van der Waals surface area contributed by atoms with Crippen LogP contribution in [-0.4, -0.2) is 12.1 Å². The summed E-state index contributed by atoms with van der Waals surface area (Å²) in [7, 11) is 1.61. The summed E-state index contributed by atoms with van der Waals surface area (Å²) in [5.41, 5.74) is 0.781. The highest BCUT2D eigenvalue weighted by Gasteiger charge is 2.04. The maximum Gasteiger partial charge on any atom is 0.130 e. The van der Waals surface area contributed by atoms with Gasteiger partial charge >= 0.3 is 0 Å². The Morgan fingerprint density at radius 3 is 2.67 bits per heavy atom. The molecule has 18 heavy (non-hydrogen) atoms. The number of hydrogen-bond donors (Lipinski definition) is 0. The number of halogens is 2. The molecule has 0 saturated carbocycles. The normalized spacial score (nSPS) is 10.2. The largest absolute Gasteiger partial charge is 0.497 e. The predicted octanol–water partition coefficient (Wildman–Crippen LogP) is 3.98. The molecule has 0 unspecified atom stereocenters. The second-order valence-corrected chi connectivity index (χ2v) is 4.36. The van der Waals surface area contributed by atoms with Gasteiger partial charge in [-0.1, -0.05) is 29.3 Å². The minimum absolute atomic E-state index is 0.330. The number of hydrogen-bond acceptors (Lipinski definition) is 3. The summed E-state index contributed by atoms with van der Waals surface area (Å²) < 4.78 is 10.7. The first kappa shape index (κ1) is 13.0. The smallest absolute Gasteiger partial charge is 0.130 e. The van der Waals surface area contributed by atoms with Crippen molar-refractivity contribution in [2.45, 2.75) is 6.61 Å². The van der Waals surface area contributed by atoms with Crippen LogP contribution >= 0.6 is 23.2 Å². The molecule has 0 aliphatic rings. The van der Waals surface area contributed by atoms with Gasteiger partial charge in [0, 0.05) is 17.8 Å². The lowest BCUT2D eigenvalue weighted by Crippen LogP contribution is -1.97. The summed E-state index contributed by atoms with van der Waals surface area (Å²) in [5.74, 6) is 1.45. The van der Waals surface area contributed by atoms with Crippen LogP contribution in [-0.2, 0) is 6.61 Å². The molecule has 0 aliphatic carbocycles. The van der Waals surface area contributed by atoms with Crippen LogP contribution in [0.25, 0.3) is 0 Å². The van der Waals surface area contributed by atoms with Crippen molar-refractivity contribution < 1.29 is 9.47 Å². The second-order valence-electron chi connectivity index (χ2n) is 3.57. The first-order valence-electron chi connectivity index (χ1n) is 5.26. The van der Waals surface area contributed by atoms with Gasteiger partial charge in [-0.25, -0.2) is 4.98 Å². The molecule has 0 saturated heterocycles. The Hall–Kier alpha value is -1.45. The van der Waals surface area contributed by atoms with Crippen molar-refractivity contribution in [1.82, 2.24) is 4.98 Å². The zero-order valence-corrected chi connectivity index (χ0v) is 11.2. The number of methoxy groups -OCH3 is 1. The standard InChI is InChI=1S/C13H11Cl2NO2/c1-17-10-3-2-4-11(5-10)18-8-9-7-16-13(15)6-12(9)14/h2-7H,8H2,1H3. The van der Waals surface area contributed by atoms with Crippen LogP contribution in [0.2, 0.25) is 10.2 Å². The maximum absolute atomic E-state index is 6.03. The third-order valence-electron chi connectivity index (χ3n) is 2.33. The molecule has 0 aliphatic heterocycles. The van der Waals surface area contributed by atoms with Gasteiger partial charge in [0.15, 0.2) is 0 Å². The van der Waals surface area contributed by atoms with Gasteiger partial charge < -0.3 is 9.47 Å². The fourth-order valence-electron chi connectivity index (χ4n) is 1.39. The quantitative estimate of drug-likeness (QED) is 0.796. The van der Waals surface area contributed by atoms with Crippen LogP contribution in [0, 0.1) is 0 Å². The maximum atomic E-state index is 6.03. The molecule has 0 amide bonds. The number of nitrogens with zero attached hydrogens (tertiary/aromatic N) is 1. The minimum atomic E-state index is 0.330. The zero-order valence-electron chi connectivity index (χ0n) is 9.69. The van der Waals surface area contributed by atoms with Crippen molar-refractivity contribution in [2.75, 3.05) is 7.11 Å². The van der Waals surface area contributed by atoms with E-state index < -0.39 is 0 Å². The molecule has 1 heterocycles. The lowest BCUT2D eigenvalue weighted by atomic mass is 10.3. The van der Waals surface area contributed by atoms with Crippen molar-refractivity contribution in [3.05, 3.63) is 52.3 Å². The third-order valence-corrected chi connectivity index (χ3v) is 2.89. The van der Waals surface area contributed by atoms with E-state index in [4.69, 9.17) is 32.7 Å². The van der Waals surface area contributed by atoms with Gasteiger partial charge in [-0.15, -0.1) is 0 Å². The Labute approximate surface area is 115 Å². The van der Waals surface area contributed by atoms with E-state index in [0.717, 1.165) is 11.3 Å². The van der Waals surface area contributed by atoms with Crippen LogP contribution < -0.4 is 9.47 Å². The molecule has 0 fully saturated rings. The Kier molecular flexibility index (Phi) is 4.28. The molecule has 0 spiro atoms. The molecule has 0 radical (unpaired) electrons. The topological polar surface area (TPSA) is 31.4 Å². The van der Waals surface area contributed by atoms with Crippen LogP contribution in [0.1, 0.15) is 5.56 Å². The molecule has 94 valence electrons. The number of pyridine rings is 1. The van der Waals surface area contributed by atoms with Gasteiger partial charge in [-0.2, -0.15) is 0 Å². The molecule has 3 nitrogen and oxygen atoms in total. The molecular formula is C13H11Cl2NO2. The van der Waals surface area contributed by atoms with Crippen LogP contribution in [0.4, 0.5) is 0 Å². The summed E-state index contributed by atoms with van der Waals surface area (Å²) in [4.78, 5) is 3.96. The average molecular weight is 284 g/mol. The molecule has 2 rings (SSSR count). The molecule has 5 heteroatoms. The van der Waals surface area contributed by atoms with Crippen molar-refractivity contribution in [1.29, 1.82) is 0 Å². The van der Waals surface area contributed by atoms with E-state index in [1.54, 1.807) is 25.4 Å². The predicted molar refractivity (Wildman–Crippen MR) is 71.6 cm³/mol. The Balaban J connectivity index is 2.06. The van der Waals surface area contributed by atoms with Gasteiger partial charge in [-0.3, -0.25) is 0 Å². The van der Waals surface area contributed by atoms with E-state index in [9.17, 15) is 0 Å². The molecule has 0 bridgehead atoms. The summed E-state index contributed by atoms with van der Waals surface area (Å²) in [5, 5.41) is 0.906. The Bertz CT molecular complexity index is 546. The van der Waals surface area contributed by atoms with Gasteiger partial charge in [0.2, 0.25) is 0 Å². The summed E-state index contributed by atoms with van der Waals surface area (Å²) in [6, 6.07) is 8.95. The fraction of sp³-hybridized carbons (Fsp3) is 0.154. The fourth-order valence-corrected chi connectivity index (χ4v) is 1.81. The highest BCUT2D eigenvalue weighted by atomic mass is 35.5. The van der Waals surface area contributed by atoms with Gasteiger partial charge in [0.25, 0.3) is 0 Å². The number of benzene rings is 1. The third kappa shape index (κ3) is 3.28. The molecule has 2 aromatic rings. The highest BCUT2D eigenvalue weighted by Crippen LogP contribution is 2.23. The lowest BCUT2D eigenvalue weighted by Gasteiger charge is -2.08. The van der Waals surface area contributed by atoms with E-state index >= 15 is 0 Å². The van der Waals surface area contributed by atoms with Gasteiger partial charge in [0.05, 0.1) is 12.1 Å². The van der Waals surface area contributed by atoms with E-state index in [1.807, 2.05) is 18.2 Å². The summed E-state index contributed by atoms with van der Waals surface area (Å²) in [6.45, 7) is 0.330. The van der Waals surface area contributed by atoms with E-state index in [0.29, 0.717) is 22.5 Å². The first-order valence-corrected chi connectivity index (χ1v) is 6.01. The SMILES string of the molecule is COc1cccc(OCc2cnc(Cl)cc2Cl)c1. The van der Waals surface area contributed by atoms with Crippen molar-refractivity contribution in [3.63, 3.8) is 0 Å². The summed E-state index contributed by atoms with van der Waals surface area (Å²) >= 11 is 11.7. The number of ether oxygens (including phenoxy) is 2. The average Bonchev–Trinajstić information content (AvgIpc) is 2.38. The Morgan fingerprint density at radius 2 is 1.94 bits per heavy atom.